The number of rotatable bonds is 2. The standard InChI is InChI=1S/C22H34N2O3/c1-13(2)27-15-7-9-21(3)14(11-15)12-19(26)23-20-16(21)8-10-22(4)17(20)5-6-18(25)24-22/h12-13,15-17,20H,5-11H2,1-4H3,(H,23,26)(H,24,25)/t15-,16-,17-,20+,21-,22-/m0/s1. The lowest BCUT2D eigenvalue weighted by atomic mass is 9.53. The normalized spacial score (nSPS) is 44.3. The summed E-state index contributed by atoms with van der Waals surface area (Å²) >= 11 is 0. The number of fused-ring (bicyclic) bond motifs is 5. The molecule has 4 rings (SSSR count). The third-order valence-corrected chi connectivity index (χ3v) is 7.83. The maximum Gasteiger partial charge on any atom is 0.244 e. The van der Waals surface area contributed by atoms with Crippen LogP contribution in [-0.2, 0) is 14.3 Å². The van der Waals surface area contributed by atoms with E-state index in [1.54, 1.807) is 0 Å². The van der Waals surface area contributed by atoms with Crippen LogP contribution in [-0.4, -0.2) is 35.6 Å². The number of amides is 2. The van der Waals surface area contributed by atoms with E-state index >= 15 is 0 Å². The van der Waals surface area contributed by atoms with E-state index in [-0.39, 0.29) is 41.0 Å². The van der Waals surface area contributed by atoms with Crippen LogP contribution in [0.4, 0.5) is 0 Å². The van der Waals surface area contributed by atoms with Crippen molar-refractivity contribution in [2.24, 2.45) is 17.3 Å². The van der Waals surface area contributed by atoms with Gasteiger partial charge in [-0.05, 0) is 70.6 Å². The van der Waals surface area contributed by atoms with Crippen molar-refractivity contribution in [2.75, 3.05) is 0 Å². The summed E-state index contributed by atoms with van der Waals surface area (Å²) in [7, 11) is 0. The lowest BCUT2D eigenvalue weighted by Gasteiger charge is -2.56. The zero-order chi connectivity index (χ0) is 19.4. The molecule has 27 heavy (non-hydrogen) atoms. The Bertz CT molecular complexity index is 672. The van der Waals surface area contributed by atoms with Gasteiger partial charge >= 0.3 is 0 Å². The van der Waals surface area contributed by atoms with Gasteiger partial charge in [-0.3, -0.25) is 9.59 Å². The molecule has 3 fully saturated rings. The minimum Gasteiger partial charge on any atom is -0.375 e. The van der Waals surface area contributed by atoms with E-state index in [9.17, 15) is 9.59 Å². The van der Waals surface area contributed by atoms with Crippen LogP contribution in [0, 0.1) is 17.3 Å². The highest BCUT2D eigenvalue weighted by atomic mass is 16.5. The Hall–Kier alpha value is -1.36. The van der Waals surface area contributed by atoms with Crippen LogP contribution < -0.4 is 10.6 Å². The Morgan fingerprint density at radius 1 is 1.11 bits per heavy atom. The first-order chi connectivity index (χ1) is 12.7. The van der Waals surface area contributed by atoms with Gasteiger partial charge < -0.3 is 15.4 Å². The fourth-order valence-electron chi connectivity index (χ4n) is 6.45. The van der Waals surface area contributed by atoms with Crippen molar-refractivity contribution in [1.82, 2.24) is 10.6 Å². The maximum atomic E-state index is 12.8. The van der Waals surface area contributed by atoms with Crippen LogP contribution in [0.25, 0.3) is 0 Å². The highest BCUT2D eigenvalue weighted by molar-refractivity contribution is 5.89. The summed E-state index contributed by atoms with van der Waals surface area (Å²) in [4.78, 5) is 24.8. The topological polar surface area (TPSA) is 67.4 Å². The van der Waals surface area contributed by atoms with Gasteiger partial charge in [-0.25, -0.2) is 0 Å². The zero-order valence-electron chi connectivity index (χ0n) is 17.1. The SMILES string of the molecule is CC(C)O[C@H]1CC[C@@]2(C)C(=CC(=O)N[C@@H]3[C@@H]2CC[C@]2(C)NC(=O)CC[C@@H]32)C1. The van der Waals surface area contributed by atoms with Crippen molar-refractivity contribution in [3.8, 4) is 0 Å². The van der Waals surface area contributed by atoms with Crippen LogP contribution in [0.2, 0.25) is 0 Å². The first-order valence-corrected chi connectivity index (χ1v) is 10.7. The second-order valence-corrected chi connectivity index (χ2v) is 9.93. The molecular formula is C22H34N2O3. The molecule has 2 aliphatic heterocycles. The van der Waals surface area contributed by atoms with Crippen LogP contribution in [0.3, 0.4) is 0 Å². The van der Waals surface area contributed by atoms with Gasteiger partial charge in [-0.1, -0.05) is 12.5 Å². The Labute approximate surface area is 162 Å². The monoisotopic (exact) mass is 374 g/mol. The molecule has 0 bridgehead atoms. The van der Waals surface area contributed by atoms with Crippen LogP contribution in [0.5, 0.6) is 0 Å². The molecule has 0 aromatic heterocycles. The fourth-order valence-corrected chi connectivity index (χ4v) is 6.45. The van der Waals surface area contributed by atoms with Crippen molar-refractivity contribution in [3.63, 3.8) is 0 Å². The summed E-state index contributed by atoms with van der Waals surface area (Å²) in [6.07, 6.45) is 8.78. The van der Waals surface area contributed by atoms with Gasteiger partial charge in [-0.15, -0.1) is 0 Å². The molecular weight excluding hydrogens is 340 g/mol. The van der Waals surface area contributed by atoms with Crippen molar-refractivity contribution < 1.29 is 14.3 Å². The first-order valence-electron chi connectivity index (χ1n) is 10.7. The largest absolute Gasteiger partial charge is 0.375 e. The quantitative estimate of drug-likeness (QED) is 0.780. The number of ether oxygens (including phenoxy) is 1. The summed E-state index contributed by atoms with van der Waals surface area (Å²) in [5, 5.41) is 6.60. The number of piperidine rings is 1. The number of hydrogen-bond donors (Lipinski definition) is 2. The van der Waals surface area contributed by atoms with Crippen LogP contribution >= 0.6 is 0 Å². The van der Waals surface area contributed by atoms with Gasteiger partial charge in [0.25, 0.3) is 0 Å². The van der Waals surface area contributed by atoms with Gasteiger partial charge in [0.1, 0.15) is 0 Å². The third-order valence-electron chi connectivity index (χ3n) is 7.83. The molecule has 2 saturated carbocycles. The molecule has 0 aromatic carbocycles. The van der Waals surface area contributed by atoms with Crippen molar-refractivity contribution >= 4 is 11.8 Å². The van der Waals surface area contributed by atoms with Gasteiger partial charge in [-0.2, -0.15) is 0 Å². The number of hydrogen-bond acceptors (Lipinski definition) is 3. The summed E-state index contributed by atoms with van der Waals surface area (Å²) < 4.78 is 6.09. The predicted octanol–water partition coefficient (Wildman–Crippen LogP) is 3.09. The predicted molar refractivity (Wildman–Crippen MR) is 104 cm³/mol. The average molecular weight is 375 g/mol. The highest BCUT2D eigenvalue weighted by Gasteiger charge is 2.56. The molecule has 0 radical (unpaired) electrons. The summed E-state index contributed by atoms with van der Waals surface area (Å²) in [6, 6.07) is 0.137. The van der Waals surface area contributed by atoms with E-state index in [1.165, 1.54) is 5.57 Å². The van der Waals surface area contributed by atoms with Crippen LogP contribution in [0.15, 0.2) is 11.6 Å². The number of carbonyl (C=O) groups excluding carboxylic acids is 2. The second-order valence-electron chi connectivity index (χ2n) is 9.93. The third kappa shape index (κ3) is 3.22. The average Bonchev–Trinajstić information content (AvgIpc) is 2.67. The van der Waals surface area contributed by atoms with Crippen molar-refractivity contribution in [2.45, 2.75) is 96.4 Å². The molecule has 5 nitrogen and oxygen atoms in total. The van der Waals surface area contributed by atoms with E-state index in [2.05, 4.69) is 38.3 Å². The first kappa shape index (κ1) is 19.0. The lowest BCUT2D eigenvalue weighted by Crippen LogP contribution is -2.66. The molecule has 5 heteroatoms. The minimum absolute atomic E-state index is 0.0371. The molecule has 0 aromatic rings. The molecule has 2 aliphatic carbocycles. The molecule has 1 saturated heterocycles. The Kier molecular flexibility index (Phi) is 4.65. The molecule has 0 unspecified atom stereocenters. The summed E-state index contributed by atoms with van der Waals surface area (Å²) in [5.41, 5.74) is 1.12. The molecule has 150 valence electrons. The van der Waals surface area contributed by atoms with Gasteiger partial charge in [0.05, 0.1) is 12.2 Å². The highest BCUT2D eigenvalue weighted by Crippen LogP contribution is 2.55. The Balaban J connectivity index is 1.63. The van der Waals surface area contributed by atoms with E-state index in [1.807, 2.05) is 6.08 Å². The molecule has 2 N–H and O–H groups in total. The van der Waals surface area contributed by atoms with Crippen LogP contribution in [0.1, 0.15) is 72.6 Å². The maximum absolute atomic E-state index is 12.8. The molecule has 4 aliphatic rings. The van der Waals surface area contributed by atoms with E-state index in [0.717, 1.165) is 38.5 Å². The van der Waals surface area contributed by atoms with E-state index in [0.29, 0.717) is 18.3 Å². The fraction of sp³-hybridized carbons (Fsp3) is 0.818. The molecule has 2 heterocycles. The second kappa shape index (κ2) is 6.61. The summed E-state index contributed by atoms with van der Waals surface area (Å²) in [6.45, 7) is 8.70. The van der Waals surface area contributed by atoms with Gasteiger partial charge in [0.15, 0.2) is 0 Å². The van der Waals surface area contributed by atoms with E-state index < -0.39 is 0 Å². The Morgan fingerprint density at radius 2 is 1.89 bits per heavy atom. The number of carbonyl (C=O) groups is 2. The van der Waals surface area contributed by atoms with Crippen molar-refractivity contribution in [3.05, 3.63) is 11.6 Å². The van der Waals surface area contributed by atoms with Gasteiger partial charge in [0.2, 0.25) is 11.8 Å². The molecule has 6 atom stereocenters. The van der Waals surface area contributed by atoms with Gasteiger partial charge in [0, 0.05) is 30.0 Å². The number of nitrogens with one attached hydrogen (secondary N) is 2. The minimum atomic E-state index is -0.192. The smallest absolute Gasteiger partial charge is 0.244 e. The Morgan fingerprint density at radius 3 is 2.63 bits per heavy atom. The zero-order valence-corrected chi connectivity index (χ0v) is 17.1. The van der Waals surface area contributed by atoms with Crippen molar-refractivity contribution in [1.29, 1.82) is 0 Å². The molecule has 2 amide bonds. The summed E-state index contributed by atoms with van der Waals surface area (Å²) in [5.74, 6) is 0.939. The molecule has 0 spiro atoms. The van der Waals surface area contributed by atoms with E-state index in [4.69, 9.17) is 4.74 Å². The lowest BCUT2D eigenvalue weighted by molar-refractivity contribution is -0.130.